The van der Waals surface area contributed by atoms with Crippen molar-refractivity contribution in [3.63, 3.8) is 0 Å². The van der Waals surface area contributed by atoms with Crippen LogP contribution in [-0.2, 0) is 20.0 Å². The smallest absolute Gasteiger partial charge is 0.261 e. The molecule has 0 radical (unpaired) electrons. The molecule has 0 aromatic heterocycles. The van der Waals surface area contributed by atoms with Gasteiger partial charge in [0.25, 0.3) is 20.0 Å². The van der Waals surface area contributed by atoms with Crippen molar-refractivity contribution in [2.45, 2.75) is 9.79 Å². The third-order valence-corrected chi connectivity index (χ3v) is 7.94. The van der Waals surface area contributed by atoms with E-state index < -0.39 is 20.0 Å². The van der Waals surface area contributed by atoms with Crippen LogP contribution in [0.25, 0.3) is 0 Å². The molecule has 192 valence electrons. The molecule has 4 aromatic carbocycles. The summed E-state index contributed by atoms with van der Waals surface area (Å²) in [5.74, 6) is 1.81. The SMILES string of the molecule is COc1cccc(NS(=O)(=O)c2ccc(Oc3ccc(S(=O)(=O)Nc4cccc(OC)c4)cc3)cc2)c1. The van der Waals surface area contributed by atoms with Crippen LogP contribution in [0.15, 0.2) is 107 Å². The fourth-order valence-corrected chi connectivity index (χ4v) is 5.41. The van der Waals surface area contributed by atoms with Crippen LogP contribution < -0.4 is 23.7 Å². The van der Waals surface area contributed by atoms with Crippen molar-refractivity contribution in [2.75, 3.05) is 23.7 Å². The summed E-state index contributed by atoms with van der Waals surface area (Å²) in [5.41, 5.74) is 0.742. The molecule has 4 aromatic rings. The van der Waals surface area contributed by atoms with Gasteiger partial charge in [-0.2, -0.15) is 0 Å². The molecule has 0 heterocycles. The fraction of sp³-hybridized carbons (Fsp3) is 0.0769. The summed E-state index contributed by atoms with van der Waals surface area (Å²) in [6.45, 7) is 0. The van der Waals surface area contributed by atoms with E-state index in [1.165, 1.54) is 62.8 Å². The highest BCUT2D eigenvalue weighted by molar-refractivity contribution is 7.93. The Balaban J connectivity index is 1.42. The van der Waals surface area contributed by atoms with Gasteiger partial charge in [-0.05, 0) is 72.8 Å². The van der Waals surface area contributed by atoms with Crippen LogP contribution in [0, 0.1) is 0 Å². The number of anilines is 2. The summed E-state index contributed by atoms with van der Waals surface area (Å²) in [4.78, 5) is 0.0976. The molecule has 0 saturated carbocycles. The predicted octanol–water partition coefficient (Wildman–Crippen LogP) is 5.10. The van der Waals surface area contributed by atoms with E-state index in [2.05, 4.69) is 9.44 Å². The molecule has 0 spiro atoms. The number of benzene rings is 4. The molecule has 2 N–H and O–H groups in total. The van der Waals surface area contributed by atoms with Crippen molar-refractivity contribution in [1.82, 2.24) is 0 Å². The van der Waals surface area contributed by atoms with Crippen molar-refractivity contribution in [1.29, 1.82) is 0 Å². The molecule has 0 fully saturated rings. The zero-order chi connectivity index (χ0) is 26.5. The Bertz CT molecular complexity index is 1470. The second-order valence-electron chi connectivity index (χ2n) is 7.72. The molecule has 37 heavy (non-hydrogen) atoms. The number of rotatable bonds is 10. The zero-order valence-corrected chi connectivity index (χ0v) is 21.5. The first-order valence-corrected chi connectivity index (χ1v) is 13.9. The van der Waals surface area contributed by atoms with Crippen molar-refractivity contribution >= 4 is 31.4 Å². The van der Waals surface area contributed by atoms with Gasteiger partial charge in [-0.3, -0.25) is 9.44 Å². The van der Waals surface area contributed by atoms with Gasteiger partial charge in [-0.25, -0.2) is 16.8 Å². The van der Waals surface area contributed by atoms with Crippen LogP contribution in [-0.4, -0.2) is 31.1 Å². The lowest BCUT2D eigenvalue weighted by Crippen LogP contribution is -2.13. The summed E-state index contributed by atoms with van der Waals surface area (Å²) >= 11 is 0. The van der Waals surface area contributed by atoms with E-state index in [4.69, 9.17) is 14.2 Å². The van der Waals surface area contributed by atoms with E-state index in [1.807, 2.05) is 0 Å². The molecular weight excluding hydrogens is 516 g/mol. The van der Waals surface area contributed by atoms with E-state index >= 15 is 0 Å². The normalized spacial score (nSPS) is 11.4. The van der Waals surface area contributed by atoms with E-state index in [0.717, 1.165) is 0 Å². The average molecular weight is 541 g/mol. The lowest BCUT2D eigenvalue weighted by molar-refractivity contribution is 0.415. The molecule has 0 aliphatic rings. The topological polar surface area (TPSA) is 120 Å². The zero-order valence-electron chi connectivity index (χ0n) is 19.9. The van der Waals surface area contributed by atoms with E-state index in [1.54, 1.807) is 48.5 Å². The number of ether oxygens (including phenoxy) is 3. The van der Waals surface area contributed by atoms with E-state index in [0.29, 0.717) is 34.4 Å². The van der Waals surface area contributed by atoms with Crippen LogP contribution >= 0.6 is 0 Å². The minimum absolute atomic E-state index is 0.0488. The molecule has 0 unspecified atom stereocenters. The highest BCUT2D eigenvalue weighted by atomic mass is 32.2. The Morgan fingerprint density at radius 2 is 0.892 bits per heavy atom. The molecule has 0 bridgehead atoms. The van der Waals surface area contributed by atoms with Gasteiger partial charge in [-0.15, -0.1) is 0 Å². The number of hydrogen-bond acceptors (Lipinski definition) is 7. The first-order valence-electron chi connectivity index (χ1n) is 10.9. The molecule has 0 aliphatic heterocycles. The molecule has 0 atom stereocenters. The highest BCUT2D eigenvalue weighted by Crippen LogP contribution is 2.27. The Kier molecular flexibility index (Phi) is 7.55. The number of nitrogens with one attached hydrogen (secondary N) is 2. The summed E-state index contributed by atoms with van der Waals surface area (Å²) in [5, 5.41) is 0. The Morgan fingerprint density at radius 1 is 0.514 bits per heavy atom. The molecule has 0 amide bonds. The summed E-state index contributed by atoms with van der Waals surface area (Å²) in [6, 6.07) is 24.9. The summed E-state index contributed by atoms with van der Waals surface area (Å²) in [6.07, 6.45) is 0. The van der Waals surface area contributed by atoms with Crippen molar-refractivity contribution in [3.8, 4) is 23.0 Å². The van der Waals surface area contributed by atoms with Gasteiger partial charge in [0.2, 0.25) is 0 Å². The van der Waals surface area contributed by atoms with Crippen molar-refractivity contribution in [3.05, 3.63) is 97.1 Å². The third-order valence-electron chi connectivity index (χ3n) is 5.15. The van der Waals surface area contributed by atoms with E-state index in [-0.39, 0.29) is 9.79 Å². The molecule has 0 aliphatic carbocycles. The second-order valence-corrected chi connectivity index (χ2v) is 11.1. The van der Waals surface area contributed by atoms with Crippen LogP contribution in [0.3, 0.4) is 0 Å². The van der Waals surface area contributed by atoms with Gasteiger partial charge in [0, 0.05) is 12.1 Å². The predicted molar refractivity (Wildman–Crippen MR) is 141 cm³/mol. The molecule has 9 nitrogen and oxygen atoms in total. The number of hydrogen-bond donors (Lipinski definition) is 2. The van der Waals surface area contributed by atoms with Crippen molar-refractivity contribution in [2.24, 2.45) is 0 Å². The van der Waals surface area contributed by atoms with Gasteiger partial charge in [0.15, 0.2) is 0 Å². The van der Waals surface area contributed by atoms with Gasteiger partial charge in [0.05, 0.1) is 35.4 Å². The lowest BCUT2D eigenvalue weighted by atomic mass is 10.3. The highest BCUT2D eigenvalue weighted by Gasteiger charge is 2.16. The standard InChI is InChI=1S/C26H24N2O7S2/c1-33-23-7-3-5-19(17-23)27-36(29,30)25-13-9-21(10-14-25)35-22-11-15-26(16-12-22)37(31,32)28-20-6-4-8-24(18-20)34-2/h3-18,27-28H,1-2H3. The monoisotopic (exact) mass is 540 g/mol. The summed E-state index contributed by atoms with van der Waals surface area (Å²) < 4.78 is 71.8. The molecule has 4 rings (SSSR count). The Morgan fingerprint density at radius 3 is 1.24 bits per heavy atom. The van der Waals surface area contributed by atoms with Gasteiger partial charge in [-0.1, -0.05) is 12.1 Å². The van der Waals surface area contributed by atoms with Gasteiger partial charge in [0.1, 0.15) is 23.0 Å². The Hall–Kier alpha value is -4.22. The van der Waals surface area contributed by atoms with Crippen LogP contribution in [0.5, 0.6) is 23.0 Å². The van der Waals surface area contributed by atoms with E-state index in [9.17, 15) is 16.8 Å². The molecule has 11 heteroatoms. The van der Waals surface area contributed by atoms with Gasteiger partial charge < -0.3 is 14.2 Å². The maximum absolute atomic E-state index is 12.7. The maximum Gasteiger partial charge on any atom is 0.261 e. The average Bonchev–Trinajstić information content (AvgIpc) is 2.89. The minimum atomic E-state index is -3.82. The van der Waals surface area contributed by atoms with Crippen LogP contribution in [0.2, 0.25) is 0 Å². The third kappa shape index (κ3) is 6.51. The first-order chi connectivity index (χ1) is 17.7. The quantitative estimate of drug-likeness (QED) is 0.287. The maximum atomic E-state index is 12.7. The van der Waals surface area contributed by atoms with Crippen molar-refractivity contribution < 1.29 is 31.0 Å². The molecule has 0 saturated heterocycles. The first kappa shape index (κ1) is 25.9. The van der Waals surface area contributed by atoms with Gasteiger partial charge >= 0.3 is 0 Å². The lowest BCUT2D eigenvalue weighted by Gasteiger charge is -2.11. The Labute approximate surface area is 215 Å². The second kappa shape index (κ2) is 10.8. The van der Waals surface area contributed by atoms with Crippen LogP contribution in [0.4, 0.5) is 11.4 Å². The number of sulfonamides is 2. The fourth-order valence-electron chi connectivity index (χ4n) is 3.31. The largest absolute Gasteiger partial charge is 0.497 e. The molecular formula is C26H24N2O7S2. The number of methoxy groups -OCH3 is 2. The summed E-state index contributed by atoms with van der Waals surface area (Å²) in [7, 11) is -4.65. The minimum Gasteiger partial charge on any atom is -0.497 e. The van der Waals surface area contributed by atoms with Crippen LogP contribution in [0.1, 0.15) is 0 Å².